The van der Waals surface area contributed by atoms with Gasteiger partial charge in [-0.25, -0.2) is 13.8 Å². The van der Waals surface area contributed by atoms with Crippen LogP contribution in [0.15, 0.2) is 6.20 Å². The highest BCUT2D eigenvalue weighted by Crippen LogP contribution is 2.28. The second-order valence-electron chi connectivity index (χ2n) is 2.41. The molecule has 0 fully saturated rings. The van der Waals surface area contributed by atoms with Crippen molar-refractivity contribution in [3.8, 4) is 6.07 Å². The van der Waals surface area contributed by atoms with Gasteiger partial charge in [0.2, 0.25) is 0 Å². The quantitative estimate of drug-likeness (QED) is 0.702. The van der Waals surface area contributed by atoms with Crippen molar-refractivity contribution in [2.24, 2.45) is 0 Å². The summed E-state index contributed by atoms with van der Waals surface area (Å²) in [6.07, 6.45) is -1.64. The van der Waals surface area contributed by atoms with Gasteiger partial charge in [-0.3, -0.25) is 0 Å². The zero-order valence-electron chi connectivity index (χ0n) is 6.68. The summed E-state index contributed by atoms with van der Waals surface area (Å²) in [5.41, 5.74) is -0.0456. The van der Waals surface area contributed by atoms with Crippen molar-refractivity contribution >= 4 is 11.6 Å². The number of hydrogen-bond acceptors (Lipinski definition) is 2. The van der Waals surface area contributed by atoms with Crippen molar-refractivity contribution in [3.05, 3.63) is 28.0 Å². The van der Waals surface area contributed by atoms with Gasteiger partial charge in [0.15, 0.2) is 5.69 Å². The molecule has 0 radical (unpaired) electrons. The first-order chi connectivity index (χ1) is 6.07. The Morgan fingerprint density at radius 1 is 1.62 bits per heavy atom. The number of aromatic nitrogens is 1. The average molecular weight is 203 g/mol. The maximum Gasteiger partial charge on any atom is 0.265 e. The summed E-state index contributed by atoms with van der Waals surface area (Å²) in [6.45, 7) is 1.44. The first kappa shape index (κ1) is 9.87. The second kappa shape index (κ2) is 3.67. The van der Waals surface area contributed by atoms with Gasteiger partial charge in [-0.2, -0.15) is 5.26 Å². The molecular weight excluding hydrogens is 198 g/mol. The molecule has 0 aliphatic carbocycles. The molecule has 1 heterocycles. The third-order valence-corrected chi connectivity index (χ3v) is 2.11. The highest BCUT2D eigenvalue weighted by atomic mass is 35.5. The minimum Gasteiger partial charge on any atom is -0.243 e. The molecule has 0 amide bonds. The molecule has 0 aliphatic rings. The van der Waals surface area contributed by atoms with Crippen LogP contribution in [-0.2, 0) is 0 Å². The SMILES string of the molecule is Cc1c(C(F)F)cnc(C#N)c1Cl. The summed E-state index contributed by atoms with van der Waals surface area (Å²) < 4.78 is 24.5. The predicted octanol–water partition coefficient (Wildman–Crippen LogP) is 2.85. The molecule has 0 aromatic carbocycles. The van der Waals surface area contributed by atoms with Gasteiger partial charge in [0.05, 0.1) is 5.02 Å². The van der Waals surface area contributed by atoms with E-state index in [2.05, 4.69) is 4.98 Å². The van der Waals surface area contributed by atoms with Crippen molar-refractivity contribution in [3.63, 3.8) is 0 Å². The summed E-state index contributed by atoms with van der Waals surface area (Å²) in [5, 5.41) is 8.49. The van der Waals surface area contributed by atoms with Crippen LogP contribution in [-0.4, -0.2) is 4.98 Å². The molecule has 13 heavy (non-hydrogen) atoms. The fraction of sp³-hybridized carbons (Fsp3) is 0.250. The number of alkyl halides is 2. The van der Waals surface area contributed by atoms with Crippen molar-refractivity contribution in [1.82, 2.24) is 4.98 Å². The van der Waals surface area contributed by atoms with Crippen LogP contribution >= 0.6 is 11.6 Å². The zero-order chi connectivity index (χ0) is 10.0. The Balaban J connectivity index is 3.33. The zero-order valence-corrected chi connectivity index (χ0v) is 7.44. The molecule has 2 nitrogen and oxygen atoms in total. The molecular formula is C8H5ClF2N2. The number of pyridine rings is 1. The van der Waals surface area contributed by atoms with E-state index in [-0.39, 0.29) is 21.8 Å². The molecule has 68 valence electrons. The van der Waals surface area contributed by atoms with Gasteiger partial charge < -0.3 is 0 Å². The van der Waals surface area contributed by atoms with Crippen LogP contribution in [0.1, 0.15) is 23.2 Å². The maximum atomic E-state index is 12.3. The smallest absolute Gasteiger partial charge is 0.243 e. The summed E-state index contributed by atoms with van der Waals surface area (Å²) >= 11 is 5.62. The molecule has 0 unspecified atom stereocenters. The first-order valence-corrected chi connectivity index (χ1v) is 3.79. The van der Waals surface area contributed by atoms with Gasteiger partial charge in [-0.05, 0) is 12.5 Å². The third kappa shape index (κ3) is 1.76. The normalized spacial score (nSPS) is 10.2. The molecule has 0 saturated heterocycles. The van der Waals surface area contributed by atoms with E-state index in [1.54, 1.807) is 6.07 Å². The Labute approximate surface area is 78.8 Å². The number of nitrogens with zero attached hydrogens (tertiary/aromatic N) is 2. The van der Waals surface area contributed by atoms with E-state index in [1.165, 1.54) is 6.92 Å². The highest BCUT2D eigenvalue weighted by molar-refractivity contribution is 6.32. The van der Waals surface area contributed by atoms with Crippen LogP contribution in [0.3, 0.4) is 0 Å². The Kier molecular flexibility index (Phi) is 2.79. The Bertz CT molecular complexity index is 371. The van der Waals surface area contributed by atoms with Crippen LogP contribution in [0.25, 0.3) is 0 Å². The fourth-order valence-corrected chi connectivity index (χ4v) is 1.09. The lowest BCUT2D eigenvalue weighted by Crippen LogP contribution is -1.95. The lowest BCUT2D eigenvalue weighted by Gasteiger charge is -2.05. The Hall–Kier alpha value is -1.21. The van der Waals surface area contributed by atoms with E-state index >= 15 is 0 Å². The first-order valence-electron chi connectivity index (χ1n) is 3.41. The number of hydrogen-bond donors (Lipinski definition) is 0. The van der Waals surface area contributed by atoms with Crippen LogP contribution in [0, 0.1) is 18.3 Å². The minimum atomic E-state index is -2.61. The standard InChI is InChI=1S/C8H5ClF2N2/c1-4-5(8(10)11)3-13-6(2-12)7(4)9/h3,8H,1H3. The molecule has 1 aromatic rings. The summed E-state index contributed by atoms with van der Waals surface area (Å²) in [5.74, 6) is 0. The molecule has 0 bridgehead atoms. The third-order valence-electron chi connectivity index (χ3n) is 1.64. The average Bonchev–Trinajstić information content (AvgIpc) is 2.09. The Morgan fingerprint density at radius 2 is 2.23 bits per heavy atom. The van der Waals surface area contributed by atoms with Gasteiger partial charge >= 0.3 is 0 Å². The lowest BCUT2D eigenvalue weighted by molar-refractivity contribution is 0.150. The summed E-state index contributed by atoms with van der Waals surface area (Å²) in [4.78, 5) is 3.51. The molecule has 5 heteroatoms. The van der Waals surface area contributed by atoms with E-state index < -0.39 is 6.43 Å². The molecule has 0 atom stereocenters. The van der Waals surface area contributed by atoms with Crippen LogP contribution in [0.2, 0.25) is 5.02 Å². The largest absolute Gasteiger partial charge is 0.265 e. The lowest BCUT2D eigenvalue weighted by atomic mass is 10.1. The number of nitriles is 1. The van der Waals surface area contributed by atoms with E-state index in [0.29, 0.717) is 0 Å². The predicted molar refractivity (Wildman–Crippen MR) is 43.7 cm³/mol. The monoisotopic (exact) mass is 202 g/mol. The highest BCUT2D eigenvalue weighted by Gasteiger charge is 2.15. The van der Waals surface area contributed by atoms with Crippen molar-refractivity contribution in [2.45, 2.75) is 13.3 Å². The van der Waals surface area contributed by atoms with Gasteiger partial charge in [0.25, 0.3) is 6.43 Å². The molecule has 0 spiro atoms. The van der Waals surface area contributed by atoms with E-state index in [0.717, 1.165) is 6.20 Å². The van der Waals surface area contributed by atoms with Gasteiger partial charge in [0.1, 0.15) is 6.07 Å². The number of halogens is 3. The van der Waals surface area contributed by atoms with Crippen molar-refractivity contribution in [1.29, 1.82) is 5.26 Å². The molecule has 0 N–H and O–H groups in total. The molecule has 1 rings (SSSR count). The number of rotatable bonds is 1. The van der Waals surface area contributed by atoms with E-state index in [4.69, 9.17) is 16.9 Å². The van der Waals surface area contributed by atoms with Crippen molar-refractivity contribution in [2.75, 3.05) is 0 Å². The maximum absolute atomic E-state index is 12.3. The Morgan fingerprint density at radius 3 is 2.69 bits per heavy atom. The van der Waals surface area contributed by atoms with Crippen LogP contribution in [0.4, 0.5) is 8.78 Å². The topological polar surface area (TPSA) is 36.7 Å². The van der Waals surface area contributed by atoms with Crippen molar-refractivity contribution < 1.29 is 8.78 Å². The second-order valence-corrected chi connectivity index (χ2v) is 2.79. The fourth-order valence-electron chi connectivity index (χ4n) is 0.890. The van der Waals surface area contributed by atoms with E-state index in [9.17, 15) is 8.78 Å². The molecule has 0 saturated carbocycles. The van der Waals surface area contributed by atoms with E-state index in [1.807, 2.05) is 0 Å². The molecule has 0 aliphatic heterocycles. The van der Waals surface area contributed by atoms with Crippen LogP contribution in [0.5, 0.6) is 0 Å². The minimum absolute atomic E-state index is 0.000278. The van der Waals surface area contributed by atoms with Crippen LogP contribution < -0.4 is 0 Å². The van der Waals surface area contributed by atoms with Gasteiger partial charge in [-0.1, -0.05) is 11.6 Å². The summed E-state index contributed by atoms with van der Waals surface area (Å²) in [7, 11) is 0. The van der Waals surface area contributed by atoms with Gasteiger partial charge in [-0.15, -0.1) is 0 Å². The van der Waals surface area contributed by atoms with Gasteiger partial charge in [0, 0.05) is 11.8 Å². The molecule has 1 aromatic heterocycles. The summed E-state index contributed by atoms with van der Waals surface area (Å²) in [6, 6.07) is 1.71.